The standard InChI is InChI=1S/C39H61NO5.C20H34O.C19H31NO3/c1-30(2)11-8-12-32(5)13-9-14-33(6)15-10-16-34(7)23-26-44-39(42)40(31(3)4)27-37(41)29-45-38-21-19-35(20-22-38)24-25-43-28-36-17-18-36;1-17(2)9-6-10-18(3)11-7-12-19(4)13-8-14-20(5)15-16-21;1-15(2)20-12-19(21-3)14-23-18-8-6-16(7-9-18)10-11-22-13-17-4-5-17/h11,13,15,19-23,31,36-37,41H,8-10,12,14,16-18,24-29H2,1-7H3;9,11,13,15,21H,6-8,10,12,14,16H2,1-5H3;6-9,15,17,19-20H,4-5,10-14H2,1-3H3/b32-13+,33-15+,34-23+;18-11+,19-13+,20-15+;. The first-order valence-electron chi connectivity index (χ1n) is 33.9. The summed E-state index contributed by atoms with van der Waals surface area (Å²) in [6.45, 7) is 35.1. The smallest absolute Gasteiger partial charge is 0.410 e. The molecule has 2 aliphatic rings. The quantitative estimate of drug-likeness (QED) is 0.0436. The van der Waals surface area contributed by atoms with Gasteiger partial charge in [0, 0.05) is 39.0 Å². The molecule has 2 aromatic carbocycles. The zero-order valence-electron chi connectivity index (χ0n) is 58.7. The van der Waals surface area contributed by atoms with Gasteiger partial charge in [0.1, 0.15) is 43.5 Å². The zero-order valence-corrected chi connectivity index (χ0v) is 58.7. The van der Waals surface area contributed by atoms with Gasteiger partial charge in [-0.2, -0.15) is 0 Å². The predicted octanol–water partition coefficient (Wildman–Crippen LogP) is 18.6. The topological polar surface area (TPSA) is 128 Å². The lowest BCUT2D eigenvalue weighted by atomic mass is 10.0. The number of methoxy groups -OCH3 is 1. The van der Waals surface area contributed by atoms with E-state index in [0.717, 1.165) is 134 Å². The molecule has 2 aromatic rings. The van der Waals surface area contributed by atoms with Crippen molar-refractivity contribution >= 4 is 6.09 Å². The zero-order chi connectivity index (χ0) is 65.6. The highest BCUT2D eigenvalue weighted by molar-refractivity contribution is 5.68. The summed E-state index contributed by atoms with van der Waals surface area (Å²) in [7, 11) is 1.72. The van der Waals surface area contributed by atoms with Crippen molar-refractivity contribution in [3.8, 4) is 11.5 Å². The number of rotatable bonds is 44. The predicted molar refractivity (Wildman–Crippen MR) is 375 cm³/mol. The Labute approximate surface area is 543 Å². The lowest BCUT2D eigenvalue weighted by Crippen LogP contribution is -2.44. The second kappa shape index (κ2) is 49.7. The van der Waals surface area contributed by atoms with E-state index in [0.29, 0.717) is 18.4 Å². The largest absolute Gasteiger partial charge is 0.491 e. The van der Waals surface area contributed by atoms with Crippen molar-refractivity contribution in [2.24, 2.45) is 11.8 Å². The van der Waals surface area contributed by atoms with Crippen LogP contribution in [0.1, 0.15) is 211 Å². The number of nitrogens with zero attached hydrogens (tertiary/aromatic N) is 1. The summed E-state index contributed by atoms with van der Waals surface area (Å²) < 4.78 is 34.0. The second-order valence-corrected chi connectivity index (χ2v) is 26.1. The molecule has 2 atom stereocenters. The Morgan fingerprint density at radius 3 is 1.29 bits per heavy atom. The van der Waals surface area contributed by atoms with E-state index >= 15 is 0 Å². The van der Waals surface area contributed by atoms with Crippen LogP contribution < -0.4 is 14.8 Å². The maximum Gasteiger partial charge on any atom is 0.410 e. The van der Waals surface area contributed by atoms with Crippen LogP contribution in [0, 0.1) is 11.8 Å². The number of carbonyl (C=O) groups is 1. The molecule has 11 heteroatoms. The molecule has 2 fully saturated rings. The van der Waals surface area contributed by atoms with Crippen molar-refractivity contribution in [3.05, 3.63) is 153 Å². The first-order chi connectivity index (χ1) is 42.6. The minimum atomic E-state index is -0.829. The van der Waals surface area contributed by atoms with Gasteiger partial charge in [0.2, 0.25) is 0 Å². The molecule has 0 aliphatic heterocycles. The van der Waals surface area contributed by atoms with Gasteiger partial charge in [-0.1, -0.05) is 125 Å². The summed E-state index contributed by atoms with van der Waals surface area (Å²) in [5.41, 5.74) is 13.6. The van der Waals surface area contributed by atoms with E-state index < -0.39 is 12.2 Å². The van der Waals surface area contributed by atoms with E-state index in [2.05, 4.69) is 137 Å². The number of hydrogen-bond donors (Lipinski definition) is 3. The average molecular weight is 1240 g/mol. The molecule has 3 N–H and O–H groups in total. The van der Waals surface area contributed by atoms with Crippen LogP contribution in [-0.4, -0.2) is 119 Å². The fourth-order valence-corrected chi connectivity index (χ4v) is 9.16. The molecule has 0 saturated heterocycles. The number of amides is 1. The van der Waals surface area contributed by atoms with Gasteiger partial charge in [-0.25, -0.2) is 4.79 Å². The third kappa shape index (κ3) is 45.8. The summed E-state index contributed by atoms with van der Waals surface area (Å²) >= 11 is 0. The molecule has 0 bridgehead atoms. The van der Waals surface area contributed by atoms with Crippen molar-refractivity contribution in [2.75, 3.05) is 73.1 Å². The third-order valence-corrected chi connectivity index (χ3v) is 15.6. The number of aliphatic hydroxyl groups is 2. The average Bonchev–Trinajstić information content (AvgIpc) is 4.60. The summed E-state index contributed by atoms with van der Waals surface area (Å²) in [4.78, 5) is 14.3. The van der Waals surface area contributed by atoms with Gasteiger partial charge in [0.15, 0.2) is 0 Å². The van der Waals surface area contributed by atoms with Gasteiger partial charge in [0.25, 0.3) is 0 Å². The molecule has 2 unspecified atom stereocenters. The van der Waals surface area contributed by atoms with Gasteiger partial charge < -0.3 is 48.9 Å². The summed E-state index contributed by atoms with van der Waals surface area (Å²) in [5.74, 6) is 3.20. The van der Waals surface area contributed by atoms with Crippen LogP contribution >= 0.6 is 0 Å². The molecule has 2 saturated carbocycles. The molecule has 0 radical (unpaired) electrons. The van der Waals surface area contributed by atoms with Gasteiger partial charge in [0.05, 0.1) is 26.4 Å². The maximum atomic E-state index is 12.8. The van der Waals surface area contributed by atoms with Crippen LogP contribution in [0.3, 0.4) is 0 Å². The molecule has 89 heavy (non-hydrogen) atoms. The minimum Gasteiger partial charge on any atom is -0.491 e. The second-order valence-electron chi connectivity index (χ2n) is 26.1. The van der Waals surface area contributed by atoms with E-state index in [1.54, 1.807) is 12.0 Å². The summed E-state index contributed by atoms with van der Waals surface area (Å²) in [6, 6.07) is 16.5. The fourth-order valence-electron chi connectivity index (χ4n) is 9.16. The molecule has 4 rings (SSSR count). The number of aliphatic hydroxyl groups excluding tert-OH is 2. The molecule has 0 spiro atoms. The number of carbonyl (C=O) groups excluding carboxylic acids is 1. The van der Waals surface area contributed by atoms with Gasteiger partial charge in [-0.3, -0.25) is 0 Å². The highest BCUT2D eigenvalue weighted by atomic mass is 16.6. The number of ether oxygens (including phenoxy) is 6. The van der Waals surface area contributed by atoms with Crippen LogP contribution in [0.2, 0.25) is 0 Å². The van der Waals surface area contributed by atoms with Gasteiger partial charge in [-0.15, -0.1) is 0 Å². The Morgan fingerprint density at radius 1 is 0.551 bits per heavy atom. The molecule has 0 heterocycles. The van der Waals surface area contributed by atoms with Crippen molar-refractivity contribution in [1.82, 2.24) is 10.2 Å². The SMILES string of the molecule is CC(C)=CCC/C(C)=C/CC/C(C)=C/CC/C(C)=C/CO.CC(C)=CCC/C(C)=C/CC/C(C)=C/CC/C(C)=C/COC(=O)N(CC(O)COc1ccc(CCOCC2CC2)cc1)C(C)C.COC(CNC(C)C)COc1ccc(CCOCC2CC2)cc1. The number of allylic oxidation sites excluding steroid dienone is 14. The summed E-state index contributed by atoms with van der Waals surface area (Å²) in [6.07, 6.45) is 37.0. The molecule has 1 amide bonds. The van der Waals surface area contributed by atoms with Crippen LogP contribution in [0.5, 0.6) is 11.5 Å². The number of nitrogens with one attached hydrogen (secondary N) is 1. The van der Waals surface area contributed by atoms with Crippen LogP contribution in [0.15, 0.2) is 142 Å². The lowest BCUT2D eigenvalue weighted by molar-refractivity contribution is 0.0460. The molecular weight excluding hydrogens is 1110 g/mol. The molecule has 11 nitrogen and oxygen atoms in total. The van der Waals surface area contributed by atoms with Gasteiger partial charge >= 0.3 is 6.09 Å². The van der Waals surface area contributed by atoms with Crippen LogP contribution in [0.25, 0.3) is 0 Å². The lowest BCUT2D eigenvalue weighted by Gasteiger charge is -2.28. The van der Waals surface area contributed by atoms with Crippen LogP contribution in [0.4, 0.5) is 4.79 Å². The Kier molecular flexibility index (Phi) is 44.7. The number of hydrogen-bond acceptors (Lipinski definition) is 10. The molecule has 0 aromatic heterocycles. The van der Waals surface area contributed by atoms with E-state index in [-0.39, 0.29) is 38.5 Å². The van der Waals surface area contributed by atoms with E-state index in [9.17, 15) is 9.90 Å². The highest BCUT2D eigenvalue weighted by Crippen LogP contribution is 2.29. The van der Waals surface area contributed by atoms with Crippen molar-refractivity contribution in [1.29, 1.82) is 0 Å². The Balaban J connectivity index is 0.000000511. The van der Waals surface area contributed by atoms with E-state index in [1.807, 2.05) is 62.4 Å². The first kappa shape index (κ1) is 80.1. The summed E-state index contributed by atoms with van der Waals surface area (Å²) in [5, 5.41) is 22.8. The molecular formula is C78H126N2O9. The monoisotopic (exact) mass is 1230 g/mol. The minimum absolute atomic E-state index is 0.0629. The number of benzene rings is 2. The highest BCUT2D eigenvalue weighted by Gasteiger charge is 2.23. The van der Waals surface area contributed by atoms with E-state index in [4.69, 9.17) is 33.5 Å². The normalized spacial score (nSPS) is 14.8. The first-order valence-corrected chi connectivity index (χ1v) is 33.9. The van der Waals surface area contributed by atoms with Crippen molar-refractivity contribution in [2.45, 2.75) is 237 Å². The van der Waals surface area contributed by atoms with Crippen molar-refractivity contribution in [3.63, 3.8) is 0 Å². The maximum absolute atomic E-state index is 12.8. The third-order valence-electron chi connectivity index (χ3n) is 15.6. The fraction of sp³-hybridized carbons (Fsp3) is 0.628. The van der Waals surface area contributed by atoms with Crippen molar-refractivity contribution < 1.29 is 43.4 Å². The molecule has 2 aliphatic carbocycles. The van der Waals surface area contributed by atoms with Gasteiger partial charge in [-0.05, 0) is 252 Å². The Morgan fingerprint density at radius 2 is 0.933 bits per heavy atom. The Hall–Kier alpha value is -5.01. The van der Waals surface area contributed by atoms with Crippen LogP contribution in [-0.2, 0) is 31.8 Å². The van der Waals surface area contributed by atoms with E-state index in [1.165, 1.54) is 87.8 Å². The Bertz CT molecular complexity index is 2430. The molecule has 502 valence electrons.